The van der Waals surface area contributed by atoms with E-state index in [0.29, 0.717) is 46.6 Å². The number of ether oxygens (including phenoxy) is 1. The summed E-state index contributed by atoms with van der Waals surface area (Å²) in [4.78, 5) is 28.8. The molecule has 2 saturated heterocycles. The minimum Gasteiger partial charge on any atom is -0.497 e. The van der Waals surface area contributed by atoms with Gasteiger partial charge in [-0.2, -0.15) is 0 Å². The number of piperidine rings is 2. The lowest BCUT2D eigenvalue weighted by Crippen LogP contribution is -2.51. The number of fused-ring (bicyclic) bond motifs is 3. The molecule has 1 amide bonds. The summed E-state index contributed by atoms with van der Waals surface area (Å²) in [6.07, 6.45) is 6.14. The third-order valence-electron chi connectivity index (χ3n) is 8.26. The fourth-order valence-electron chi connectivity index (χ4n) is 6.40. The third-order valence-corrected chi connectivity index (χ3v) is 8.26. The van der Waals surface area contributed by atoms with Crippen LogP contribution in [-0.2, 0) is 11.2 Å². The van der Waals surface area contributed by atoms with E-state index >= 15 is 0 Å². The first-order chi connectivity index (χ1) is 18.5. The van der Waals surface area contributed by atoms with Gasteiger partial charge < -0.3 is 23.8 Å². The lowest BCUT2D eigenvalue weighted by Gasteiger charge is -2.44. The van der Waals surface area contributed by atoms with Crippen LogP contribution in [0.3, 0.4) is 0 Å². The predicted octanol–water partition coefficient (Wildman–Crippen LogP) is 5.45. The topological polar surface area (TPSA) is 84.9 Å². The number of benzene rings is 2. The van der Waals surface area contributed by atoms with Gasteiger partial charge in [-0.1, -0.05) is 24.6 Å². The van der Waals surface area contributed by atoms with Gasteiger partial charge >= 0.3 is 5.63 Å². The molecular weight excluding hydrogens is 480 g/mol. The number of methoxy groups -OCH3 is 1. The fraction of sp³-hybridized carbons (Fsp3) is 0.419. The third kappa shape index (κ3) is 4.71. The molecule has 2 aliphatic heterocycles. The Labute approximate surface area is 221 Å². The summed E-state index contributed by atoms with van der Waals surface area (Å²) in [5.74, 6) is 2.15. The van der Waals surface area contributed by atoms with Gasteiger partial charge in [0.15, 0.2) is 0 Å². The average Bonchev–Trinajstić information content (AvgIpc) is 3.29. The zero-order valence-corrected chi connectivity index (χ0v) is 22.0. The van der Waals surface area contributed by atoms with Crippen molar-refractivity contribution >= 4 is 27.6 Å². The van der Waals surface area contributed by atoms with Crippen LogP contribution >= 0.6 is 0 Å². The van der Waals surface area contributed by atoms with E-state index in [1.54, 1.807) is 20.1 Å². The van der Waals surface area contributed by atoms with Crippen LogP contribution in [-0.4, -0.2) is 43.6 Å². The smallest absolute Gasteiger partial charge is 0.347 e. The van der Waals surface area contributed by atoms with Gasteiger partial charge in [-0.15, -0.1) is 0 Å². The van der Waals surface area contributed by atoms with Crippen molar-refractivity contribution in [1.82, 2.24) is 10.2 Å². The summed E-state index contributed by atoms with van der Waals surface area (Å²) >= 11 is 0. The van der Waals surface area contributed by atoms with E-state index in [4.69, 9.17) is 13.6 Å². The Morgan fingerprint density at radius 2 is 1.84 bits per heavy atom. The molecule has 0 unspecified atom stereocenters. The molecule has 6 rings (SSSR count). The van der Waals surface area contributed by atoms with Crippen molar-refractivity contribution in [3.63, 3.8) is 0 Å². The maximum absolute atomic E-state index is 13.3. The van der Waals surface area contributed by atoms with Gasteiger partial charge in [-0.3, -0.25) is 4.79 Å². The van der Waals surface area contributed by atoms with Crippen LogP contribution in [0.2, 0.25) is 0 Å². The van der Waals surface area contributed by atoms with Gasteiger partial charge in [0.25, 0.3) is 0 Å². The molecule has 2 atom stereocenters. The second-order valence-corrected chi connectivity index (χ2v) is 10.7. The van der Waals surface area contributed by atoms with Crippen LogP contribution in [0.1, 0.15) is 43.4 Å². The first-order valence-electron chi connectivity index (χ1n) is 13.6. The normalized spacial score (nSPS) is 19.9. The molecule has 1 N–H and O–H groups in total. The summed E-state index contributed by atoms with van der Waals surface area (Å²) < 4.78 is 17.0. The van der Waals surface area contributed by atoms with Crippen LogP contribution in [0, 0.1) is 12.8 Å². The minimum absolute atomic E-state index is 0.0535. The lowest BCUT2D eigenvalue weighted by atomic mass is 9.83. The monoisotopic (exact) mass is 514 g/mol. The summed E-state index contributed by atoms with van der Waals surface area (Å²) in [5.41, 5.74) is 1.34. The van der Waals surface area contributed by atoms with Gasteiger partial charge in [-0.25, -0.2) is 4.79 Å². The second-order valence-electron chi connectivity index (χ2n) is 10.7. The molecule has 2 aliphatic rings. The summed E-state index contributed by atoms with van der Waals surface area (Å²) in [5, 5.41) is 5.57. The fourth-order valence-corrected chi connectivity index (χ4v) is 6.40. The Morgan fingerprint density at radius 3 is 2.71 bits per heavy atom. The van der Waals surface area contributed by atoms with Crippen molar-refractivity contribution in [2.45, 2.75) is 51.5 Å². The molecule has 2 aromatic heterocycles. The molecule has 2 fully saturated rings. The van der Waals surface area contributed by atoms with Crippen molar-refractivity contribution in [1.29, 1.82) is 0 Å². The van der Waals surface area contributed by atoms with Gasteiger partial charge in [0, 0.05) is 29.8 Å². The molecule has 4 heterocycles. The number of furan rings is 1. The summed E-state index contributed by atoms with van der Waals surface area (Å²) in [6.45, 7) is 4.73. The standard InChI is InChI=1S/C31H34N2O5/c1-19-14-27-29(31(35)37-19)25(17-28(34)32-18-23-6-5-13-33-12-4-3-7-26(23)33)30(38-27)22-9-8-21-16-24(36-2)11-10-20(21)15-22/h8-11,14-16,23,26H,3-7,12-13,17-18H2,1-2H3,(H,32,34)/t23-,26+/m0/s1. The van der Waals surface area contributed by atoms with Crippen LogP contribution in [0.5, 0.6) is 5.75 Å². The Hall–Kier alpha value is -3.58. The molecule has 0 bridgehead atoms. The van der Waals surface area contributed by atoms with E-state index in [-0.39, 0.29) is 12.3 Å². The van der Waals surface area contributed by atoms with Crippen molar-refractivity contribution in [2.75, 3.05) is 26.7 Å². The molecule has 0 spiro atoms. The van der Waals surface area contributed by atoms with E-state index < -0.39 is 5.63 Å². The molecule has 0 radical (unpaired) electrons. The summed E-state index contributed by atoms with van der Waals surface area (Å²) in [7, 11) is 1.65. The highest BCUT2D eigenvalue weighted by atomic mass is 16.5. The number of carbonyl (C=O) groups excluding carboxylic acids is 1. The van der Waals surface area contributed by atoms with E-state index in [0.717, 1.165) is 28.5 Å². The molecule has 4 aromatic rings. The Morgan fingerprint density at radius 1 is 1.03 bits per heavy atom. The highest BCUT2D eigenvalue weighted by Crippen LogP contribution is 2.35. The molecule has 7 nitrogen and oxygen atoms in total. The van der Waals surface area contributed by atoms with Crippen LogP contribution in [0.25, 0.3) is 33.1 Å². The van der Waals surface area contributed by atoms with Crippen molar-refractivity contribution in [3.05, 3.63) is 64.2 Å². The average molecular weight is 515 g/mol. The zero-order valence-electron chi connectivity index (χ0n) is 22.0. The van der Waals surface area contributed by atoms with Gasteiger partial charge in [0.05, 0.1) is 13.5 Å². The number of hydrogen-bond donors (Lipinski definition) is 1. The highest BCUT2D eigenvalue weighted by molar-refractivity contribution is 5.95. The zero-order chi connectivity index (χ0) is 26.2. The molecule has 0 aliphatic carbocycles. The largest absolute Gasteiger partial charge is 0.497 e. The van der Waals surface area contributed by atoms with E-state index in [1.807, 2.05) is 36.4 Å². The van der Waals surface area contributed by atoms with E-state index in [2.05, 4.69) is 10.2 Å². The SMILES string of the molecule is COc1ccc2cc(-c3oc4cc(C)oc(=O)c4c3CC(=O)NC[C@@H]3CCCN4CCCC[C@H]34)ccc2c1. The quantitative estimate of drug-likeness (QED) is 0.369. The number of rotatable bonds is 6. The molecule has 38 heavy (non-hydrogen) atoms. The molecule has 7 heteroatoms. The number of amides is 1. The first-order valence-corrected chi connectivity index (χ1v) is 13.6. The molecule has 198 valence electrons. The Bertz CT molecular complexity index is 1550. The van der Waals surface area contributed by atoms with Crippen molar-refractivity contribution < 1.29 is 18.4 Å². The summed E-state index contributed by atoms with van der Waals surface area (Å²) in [6, 6.07) is 14.1. The maximum Gasteiger partial charge on any atom is 0.347 e. The second kappa shape index (κ2) is 10.3. The number of hydrogen-bond acceptors (Lipinski definition) is 6. The predicted molar refractivity (Wildman–Crippen MR) is 148 cm³/mol. The number of carbonyl (C=O) groups is 1. The van der Waals surface area contributed by atoms with E-state index in [1.165, 1.54) is 38.8 Å². The first kappa shape index (κ1) is 24.7. The van der Waals surface area contributed by atoms with E-state index in [9.17, 15) is 9.59 Å². The molecule has 0 saturated carbocycles. The van der Waals surface area contributed by atoms with Crippen LogP contribution in [0.15, 0.2) is 56.1 Å². The Kier molecular flexibility index (Phi) is 6.70. The van der Waals surface area contributed by atoms with Crippen molar-refractivity contribution in [2.24, 2.45) is 5.92 Å². The lowest BCUT2D eigenvalue weighted by molar-refractivity contribution is -0.120. The Balaban J connectivity index is 1.30. The number of aryl methyl sites for hydroxylation is 1. The number of nitrogens with one attached hydrogen (secondary N) is 1. The maximum atomic E-state index is 13.3. The minimum atomic E-state index is -0.478. The van der Waals surface area contributed by atoms with Crippen molar-refractivity contribution in [3.8, 4) is 17.1 Å². The van der Waals surface area contributed by atoms with Gasteiger partial charge in [-0.05, 0) is 80.6 Å². The molecule has 2 aromatic carbocycles. The highest BCUT2D eigenvalue weighted by Gasteiger charge is 2.33. The van der Waals surface area contributed by atoms with Gasteiger partial charge in [0.2, 0.25) is 5.91 Å². The van der Waals surface area contributed by atoms with Gasteiger partial charge in [0.1, 0.15) is 28.2 Å². The van der Waals surface area contributed by atoms with Crippen LogP contribution in [0.4, 0.5) is 0 Å². The number of nitrogens with zero attached hydrogens (tertiary/aromatic N) is 1. The molecular formula is C31H34N2O5. The van der Waals surface area contributed by atoms with Crippen LogP contribution < -0.4 is 15.7 Å².